The third-order valence-corrected chi connectivity index (χ3v) is 7.53. The molecule has 4 bridgehead atoms. The monoisotopic (exact) mass is 433 g/mol. The molecule has 0 radical (unpaired) electrons. The fourth-order valence-corrected chi connectivity index (χ4v) is 6.33. The zero-order chi connectivity index (χ0) is 21.5. The molecule has 0 aliphatic heterocycles. The second-order valence-corrected chi connectivity index (χ2v) is 10.1. The summed E-state index contributed by atoms with van der Waals surface area (Å²) in [5.74, 6) is 2.69. The highest BCUT2D eigenvalue weighted by Crippen LogP contribution is 2.55. The lowest BCUT2D eigenvalue weighted by molar-refractivity contribution is -0.131. The zero-order valence-corrected chi connectivity index (χ0v) is 18.8. The summed E-state index contributed by atoms with van der Waals surface area (Å²) in [4.78, 5) is 27.4. The van der Waals surface area contributed by atoms with Crippen molar-refractivity contribution >= 4 is 29.1 Å². The maximum Gasteiger partial charge on any atom is 0.238 e. The summed E-state index contributed by atoms with van der Waals surface area (Å²) in [5.41, 5.74) is 0.506. The number of anilines is 1. The molecular weight excluding hydrogens is 402 g/mol. The number of nitrogens with one attached hydrogen (secondary N) is 2. The molecule has 4 fully saturated rings. The molecular formula is C23H32ClN3O3. The van der Waals surface area contributed by atoms with Crippen LogP contribution in [0.3, 0.4) is 0 Å². The Bertz CT molecular complexity index is 793. The topological polar surface area (TPSA) is 70.7 Å². The summed E-state index contributed by atoms with van der Waals surface area (Å²) in [6.45, 7) is 1.97. The molecule has 4 aliphatic carbocycles. The number of hydrogen-bond donors (Lipinski definition) is 2. The van der Waals surface area contributed by atoms with Crippen LogP contribution >= 0.6 is 11.6 Å². The maximum absolute atomic E-state index is 13.0. The zero-order valence-electron chi connectivity index (χ0n) is 18.0. The van der Waals surface area contributed by atoms with Gasteiger partial charge >= 0.3 is 0 Å². The number of methoxy groups -OCH3 is 1. The Kier molecular flexibility index (Phi) is 5.99. The summed E-state index contributed by atoms with van der Waals surface area (Å²) in [5, 5.41) is 6.75. The molecule has 0 aromatic heterocycles. The van der Waals surface area contributed by atoms with Gasteiger partial charge in [-0.1, -0.05) is 11.6 Å². The van der Waals surface area contributed by atoms with Crippen molar-refractivity contribution in [2.45, 2.75) is 57.0 Å². The highest BCUT2D eigenvalue weighted by molar-refractivity contribution is 6.31. The number of amides is 2. The molecule has 0 heterocycles. The standard InChI is InChI=1S/C23H32ClN3O3/c1-14(22(29)26-23-10-15-6-16(11-23)8-17(7-15)12-23)27(2)13-21(28)25-19-9-18(24)4-5-20(19)30-3/h4-5,9,14-17H,6-8,10-13H2,1-3H3,(H,25,28)(H,26,29)/t14-,15?,16?,17?,23?/m1/s1. The first-order chi connectivity index (χ1) is 14.3. The minimum Gasteiger partial charge on any atom is -0.495 e. The average molecular weight is 434 g/mol. The lowest BCUT2D eigenvalue weighted by atomic mass is 9.53. The highest BCUT2D eigenvalue weighted by Gasteiger charge is 2.51. The predicted octanol–water partition coefficient (Wildman–Crippen LogP) is 3.69. The number of benzene rings is 1. The molecule has 2 amide bonds. The van der Waals surface area contributed by atoms with Crippen molar-refractivity contribution in [2.75, 3.05) is 26.0 Å². The Morgan fingerprint density at radius 1 is 1.20 bits per heavy atom. The molecule has 0 saturated heterocycles. The highest BCUT2D eigenvalue weighted by atomic mass is 35.5. The number of halogens is 1. The summed E-state index contributed by atoms with van der Waals surface area (Å²) in [7, 11) is 3.35. The fraction of sp³-hybridized carbons (Fsp3) is 0.652. The molecule has 1 aromatic carbocycles. The van der Waals surface area contributed by atoms with E-state index >= 15 is 0 Å². The molecule has 5 rings (SSSR count). The Morgan fingerprint density at radius 3 is 2.37 bits per heavy atom. The average Bonchev–Trinajstić information content (AvgIpc) is 2.66. The van der Waals surface area contributed by atoms with E-state index in [1.54, 1.807) is 37.3 Å². The summed E-state index contributed by atoms with van der Waals surface area (Å²) < 4.78 is 5.28. The van der Waals surface area contributed by atoms with Gasteiger partial charge < -0.3 is 15.4 Å². The normalized spacial score (nSPS) is 30.2. The largest absolute Gasteiger partial charge is 0.495 e. The van der Waals surface area contributed by atoms with Crippen LogP contribution in [0.25, 0.3) is 0 Å². The van der Waals surface area contributed by atoms with Gasteiger partial charge in [-0.2, -0.15) is 0 Å². The SMILES string of the molecule is COc1ccc(Cl)cc1NC(=O)CN(C)[C@H](C)C(=O)NC12CC3CC(CC(C3)C1)C2. The van der Waals surface area contributed by atoms with Gasteiger partial charge in [-0.25, -0.2) is 0 Å². The van der Waals surface area contributed by atoms with Crippen LogP contribution in [0.2, 0.25) is 5.02 Å². The minimum absolute atomic E-state index is 0.0165. The lowest BCUT2D eigenvalue weighted by Crippen LogP contribution is -2.62. The molecule has 0 spiro atoms. The summed E-state index contributed by atoms with van der Waals surface area (Å²) in [6.07, 6.45) is 7.40. The Morgan fingerprint density at radius 2 is 1.80 bits per heavy atom. The van der Waals surface area contributed by atoms with Gasteiger partial charge in [-0.15, -0.1) is 0 Å². The third kappa shape index (κ3) is 4.45. The van der Waals surface area contributed by atoms with E-state index in [-0.39, 0.29) is 29.9 Å². The number of carbonyl (C=O) groups excluding carboxylic acids is 2. The van der Waals surface area contributed by atoms with Gasteiger partial charge in [0.2, 0.25) is 11.8 Å². The van der Waals surface area contributed by atoms with E-state index in [1.165, 1.54) is 19.3 Å². The summed E-state index contributed by atoms with van der Waals surface area (Å²) in [6, 6.07) is 4.69. The molecule has 6 nitrogen and oxygen atoms in total. The molecule has 164 valence electrons. The van der Waals surface area contributed by atoms with E-state index in [9.17, 15) is 9.59 Å². The summed E-state index contributed by atoms with van der Waals surface area (Å²) >= 11 is 6.03. The van der Waals surface area contributed by atoms with Crippen molar-refractivity contribution in [1.82, 2.24) is 10.2 Å². The Hall–Kier alpha value is -1.79. The smallest absolute Gasteiger partial charge is 0.238 e. The van der Waals surface area contributed by atoms with E-state index in [2.05, 4.69) is 10.6 Å². The van der Waals surface area contributed by atoms with Crippen molar-refractivity contribution in [3.8, 4) is 5.75 Å². The Labute approximate surface area is 183 Å². The van der Waals surface area contributed by atoms with Gasteiger partial charge in [0.05, 0.1) is 25.4 Å². The number of likely N-dealkylation sites (N-methyl/N-ethyl adjacent to an activating group) is 1. The van der Waals surface area contributed by atoms with Crippen LogP contribution in [0, 0.1) is 17.8 Å². The molecule has 4 aliphatic rings. The molecule has 2 N–H and O–H groups in total. The van der Waals surface area contributed by atoms with Crippen LogP contribution in [0.4, 0.5) is 5.69 Å². The molecule has 1 aromatic rings. The van der Waals surface area contributed by atoms with Crippen LogP contribution in [-0.4, -0.2) is 49.0 Å². The van der Waals surface area contributed by atoms with Gasteiger partial charge in [0.15, 0.2) is 0 Å². The van der Waals surface area contributed by atoms with E-state index in [4.69, 9.17) is 16.3 Å². The van der Waals surface area contributed by atoms with Crippen molar-refractivity contribution in [3.05, 3.63) is 23.2 Å². The van der Waals surface area contributed by atoms with Crippen LogP contribution in [0.15, 0.2) is 18.2 Å². The number of ether oxygens (including phenoxy) is 1. The van der Waals surface area contributed by atoms with E-state index in [0.717, 1.165) is 37.0 Å². The van der Waals surface area contributed by atoms with E-state index in [1.807, 2.05) is 6.92 Å². The number of nitrogens with zero attached hydrogens (tertiary/aromatic N) is 1. The first-order valence-corrected chi connectivity index (χ1v) is 11.3. The quantitative estimate of drug-likeness (QED) is 0.687. The number of hydrogen-bond acceptors (Lipinski definition) is 4. The second-order valence-electron chi connectivity index (χ2n) is 9.67. The van der Waals surface area contributed by atoms with Crippen molar-refractivity contribution in [2.24, 2.45) is 17.8 Å². The molecule has 1 atom stereocenters. The van der Waals surface area contributed by atoms with Crippen LogP contribution < -0.4 is 15.4 Å². The lowest BCUT2D eigenvalue weighted by Gasteiger charge is -2.57. The van der Waals surface area contributed by atoms with Gasteiger partial charge in [0, 0.05) is 10.6 Å². The minimum atomic E-state index is -0.384. The van der Waals surface area contributed by atoms with Gasteiger partial charge in [-0.05, 0) is 88.4 Å². The second kappa shape index (κ2) is 8.39. The number of rotatable bonds is 7. The van der Waals surface area contributed by atoms with Crippen LogP contribution in [0.1, 0.15) is 45.4 Å². The predicted molar refractivity (Wildman–Crippen MR) is 118 cm³/mol. The fourth-order valence-electron chi connectivity index (χ4n) is 6.16. The molecule has 4 saturated carbocycles. The Balaban J connectivity index is 1.33. The third-order valence-electron chi connectivity index (χ3n) is 7.30. The van der Waals surface area contributed by atoms with Gasteiger partial charge in [0.25, 0.3) is 0 Å². The molecule has 7 heteroatoms. The van der Waals surface area contributed by atoms with Crippen molar-refractivity contribution in [1.29, 1.82) is 0 Å². The first kappa shape index (κ1) is 21.4. The van der Waals surface area contributed by atoms with E-state index in [0.29, 0.717) is 16.5 Å². The van der Waals surface area contributed by atoms with Gasteiger partial charge in [0.1, 0.15) is 5.75 Å². The molecule has 30 heavy (non-hydrogen) atoms. The van der Waals surface area contributed by atoms with Crippen molar-refractivity contribution in [3.63, 3.8) is 0 Å². The van der Waals surface area contributed by atoms with Crippen LogP contribution in [0.5, 0.6) is 5.75 Å². The maximum atomic E-state index is 13.0. The van der Waals surface area contributed by atoms with Crippen LogP contribution in [-0.2, 0) is 9.59 Å². The van der Waals surface area contributed by atoms with Crippen molar-refractivity contribution < 1.29 is 14.3 Å². The first-order valence-electron chi connectivity index (χ1n) is 10.9. The number of carbonyl (C=O) groups is 2. The van der Waals surface area contributed by atoms with E-state index < -0.39 is 0 Å². The van der Waals surface area contributed by atoms with Gasteiger partial charge in [-0.3, -0.25) is 14.5 Å². The molecule has 0 unspecified atom stereocenters.